The number of fused-ring (bicyclic) bond motifs is 1. The number of ether oxygens (including phenoxy) is 2. The Morgan fingerprint density at radius 2 is 1.94 bits per heavy atom. The number of primary amides is 1. The number of carbonyl (C=O) groups excluding carboxylic acids is 2. The highest BCUT2D eigenvalue weighted by Crippen LogP contribution is 2.42. The molecule has 13 heteroatoms. The fraction of sp³-hybridized carbons (Fsp3) is 0.591. The molecule has 0 saturated carbocycles. The van der Waals surface area contributed by atoms with Crippen molar-refractivity contribution in [1.82, 2.24) is 14.5 Å². The molecule has 4 atom stereocenters. The van der Waals surface area contributed by atoms with Gasteiger partial charge in [0.25, 0.3) is 5.91 Å². The number of carboxylic acids is 1. The number of nitrogens with one attached hydrogen (secondary N) is 2. The molecule has 1 aliphatic rings. The lowest BCUT2D eigenvalue weighted by Crippen LogP contribution is -2.37. The maximum Gasteiger partial charge on any atom is 0.311 e. The number of nitrogens with two attached hydrogens (primary N) is 1. The number of aromatic amines is 1. The topological polar surface area (TPSA) is 194 Å². The number of carboxylic acid groups (broad SMARTS) is 1. The first-order chi connectivity index (χ1) is 16.1. The molecule has 192 valence electrons. The molecule has 0 aromatic carbocycles. The van der Waals surface area contributed by atoms with Crippen LogP contribution < -0.4 is 11.2 Å². The molecule has 0 unspecified atom stereocenters. The van der Waals surface area contributed by atoms with Gasteiger partial charge in [0.05, 0.1) is 32.5 Å². The smallest absolute Gasteiger partial charge is 0.311 e. The number of aliphatic hydroxyl groups is 1. The largest absolute Gasteiger partial charge is 0.481 e. The Kier molecular flexibility index (Phi) is 7.17. The number of aliphatic hydroxyl groups excluding tert-OH is 1. The first kappa shape index (κ1) is 26.8. The Labute approximate surface area is 209 Å². The first-order valence-corrected chi connectivity index (χ1v) is 11.7. The van der Waals surface area contributed by atoms with Gasteiger partial charge in [0, 0.05) is 5.92 Å². The van der Waals surface area contributed by atoms with Crippen molar-refractivity contribution in [2.45, 2.75) is 59.5 Å². The van der Waals surface area contributed by atoms with Gasteiger partial charge in [-0.05, 0) is 57.0 Å². The van der Waals surface area contributed by atoms with E-state index >= 15 is 0 Å². The van der Waals surface area contributed by atoms with E-state index in [-0.39, 0.29) is 39.7 Å². The van der Waals surface area contributed by atoms with Crippen LogP contribution in [-0.4, -0.2) is 61.4 Å². The molecular weight excluding hydrogens is 526 g/mol. The number of aliphatic carboxylic acids is 1. The van der Waals surface area contributed by atoms with E-state index in [0.29, 0.717) is 0 Å². The molecule has 2 aromatic heterocycles. The lowest BCUT2D eigenvalue weighted by atomic mass is 9.79. The highest BCUT2D eigenvalue weighted by atomic mass is 79.9. The molecule has 0 bridgehead atoms. The molecule has 1 amide bonds. The summed E-state index contributed by atoms with van der Waals surface area (Å²) in [6, 6.07) is 0. The molecule has 35 heavy (non-hydrogen) atoms. The predicted octanol–water partition coefficient (Wildman–Crippen LogP) is 1.67. The van der Waals surface area contributed by atoms with Crippen molar-refractivity contribution in [1.29, 1.82) is 5.41 Å². The SMILES string of the molecule is CC(C)(C)C(=O)OC[C@H]1O[C@H](n2cnc(=N)c3c(C(N)=O)c(Br)[nH]c32)[C@@H](O)[C@@H]1CC(C)(C)C(=O)O. The molecule has 0 spiro atoms. The van der Waals surface area contributed by atoms with Crippen molar-refractivity contribution in [3.05, 3.63) is 22.0 Å². The highest BCUT2D eigenvalue weighted by molar-refractivity contribution is 9.10. The minimum Gasteiger partial charge on any atom is -0.481 e. The third-order valence-electron chi connectivity index (χ3n) is 6.10. The molecule has 1 aliphatic heterocycles. The van der Waals surface area contributed by atoms with Crippen molar-refractivity contribution < 1.29 is 34.1 Å². The number of hydrogen-bond donors (Lipinski definition) is 5. The Hall–Kier alpha value is -2.77. The van der Waals surface area contributed by atoms with Gasteiger partial charge in [0.1, 0.15) is 24.7 Å². The molecular formula is C22H30BrN5O7. The summed E-state index contributed by atoms with van der Waals surface area (Å²) in [6.07, 6.45) is -1.82. The van der Waals surface area contributed by atoms with Gasteiger partial charge >= 0.3 is 11.9 Å². The van der Waals surface area contributed by atoms with Crippen molar-refractivity contribution in [3.8, 4) is 0 Å². The minimum atomic E-state index is -1.22. The number of aromatic nitrogens is 3. The summed E-state index contributed by atoms with van der Waals surface area (Å²) < 4.78 is 13.2. The maximum absolute atomic E-state index is 12.3. The summed E-state index contributed by atoms with van der Waals surface area (Å²) in [5.41, 5.74) is 3.58. The summed E-state index contributed by atoms with van der Waals surface area (Å²) >= 11 is 3.23. The van der Waals surface area contributed by atoms with E-state index in [1.807, 2.05) is 0 Å². The van der Waals surface area contributed by atoms with Crippen LogP contribution in [0.4, 0.5) is 0 Å². The normalized spacial score (nSPS) is 22.9. The van der Waals surface area contributed by atoms with E-state index in [0.717, 1.165) is 0 Å². The van der Waals surface area contributed by atoms with Crippen molar-refractivity contribution in [2.24, 2.45) is 22.5 Å². The summed E-state index contributed by atoms with van der Waals surface area (Å²) in [5, 5.41) is 29.2. The molecule has 2 aromatic rings. The van der Waals surface area contributed by atoms with Gasteiger partial charge in [0.15, 0.2) is 11.7 Å². The van der Waals surface area contributed by atoms with Crippen LogP contribution >= 0.6 is 15.9 Å². The summed E-state index contributed by atoms with van der Waals surface area (Å²) in [6.45, 7) is 7.99. The molecule has 6 N–H and O–H groups in total. The van der Waals surface area contributed by atoms with Crippen LogP contribution in [0.25, 0.3) is 11.0 Å². The van der Waals surface area contributed by atoms with Crippen LogP contribution in [0.5, 0.6) is 0 Å². The van der Waals surface area contributed by atoms with Crippen LogP contribution in [0, 0.1) is 22.2 Å². The van der Waals surface area contributed by atoms with Gasteiger partial charge < -0.3 is 30.4 Å². The van der Waals surface area contributed by atoms with Crippen molar-refractivity contribution in [2.75, 3.05) is 6.61 Å². The number of amides is 1. The fourth-order valence-electron chi connectivity index (χ4n) is 4.04. The standard InChI is InChI=1S/C22H30BrN5O7/c1-21(2,3)20(33)34-7-10-9(6-22(4,5)19(31)32)13(29)18(35-10)28-8-26-15(24)12-11(16(25)30)14(23)27-17(12)28/h8-10,13,18,24,27,29H,6-7H2,1-5H3,(H2,25,30)(H,31,32)/t9-,10-,13+,18+/m1/s1. The van der Waals surface area contributed by atoms with E-state index in [4.69, 9.17) is 20.6 Å². The lowest BCUT2D eigenvalue weighted by molar-refractivity contribution is -0.159. The molecule has 1 saturated heterocycles. The second-order valence-corrected chi connectivity index (χ2v) is 11.2. The second kappa shape index (κ2) is 9.36. The lowest BCUT2D eigenvalue weighted by Gasteiger charge is -2.28. The van der Waals surface area contributed by atoms with Crippen LogP contribution in [-0.2, 0) is 19.1 Å². The van der Waals surface area contributed by atoms with Crippen LogP contribution in [0.15, 0.2) is 10.9 Å². The number of H-pyrrole nitrogens is 1. The maximum atomic E-state index is 12.3. The fourth-order valence-corrected chi connectivity index (χ4v) is 4.62. The minimum absolute atomic E-state index is 0.0264. The highest BCUT2D eigenvalue weighted by Gasteiger charge is 2.49. The molecule has 3 rings (SSSR count). The van der Waals surface area contributed by atoms with Crippen LogP contribution in [0.2, 0.25) is 0 Å². The van der Waals surface area contributed by atoms with E-state index in [1.165, 1.54) is 24.7 Å². The average molecular weight is 556 g/mol. The number of nitrogens with zero attached hydrogens (tertiary/aromatic N) is 2. The van der Waals surface area contributed by atoms with Gasteiger partial charge in [-0.2, -0.15) is 0 Å². The van der Waals surface area contributed by atoms with Crippen molar-refractivity contribution in [3.63, 3.8) is 0 Å². The van der Waals surface area contributed by atoms with Gasteiger partial charge in [-0.3, -0.25) is 24.4 Å². The summed E-state index contributed by atoms with van der Waals surface area (Å²) in [5.74, 6) is -3.01. The van der Waals surface area contributed by atoms with Gasteiger partial charge in [-0.25, -0.2) is 4.98 Å². The monoisotopic (exact) mass is 555 g/mol. The zero-order chi connectivity index (χ0) is 26.5. The van der Waals surface area contributed by atoms with E-state index in [2.05, 4.69) is 25.9 Å². The van der Waals surface area contributed by atoms with Crippen LogP contribution in [0.3, 0.4) is 0 Å². The van der Waals surface area contributed by atoms with Gasteiger partial charge in [-0.15, -0.1) is 0 Å². The third-order valence-corrected chi connectivity index (χ3v) is 6.69. The summed E-state index contributed by atoms with van der Waals surface area (Å²) in [7, 11) is 0. The predicted molar refractivity (Wildman–Crippen MR) is 126 cm³/mol. The van der Waals surface area contributed by atoms with E-state index in [9.17, 15) is 24.6 Å². The molecule has 12 nitrogen and oxygen atoms in total. The first-order valence-electron chi connectivity index (χ1n) is 10.9. The van der Waals surface area contributed by atoms with E-state index in [1.54, 1.807) is 20.8 Å². The number of carbonyl (C=O) groups is 3. The quantitative estimate of drug-likeness (QED) is 0.318. The Morgan fingerprint density at radius 1 is 1.31 bits per heavy atom. The Bertz CT molecular complexity index is 1230. The van der Waals surface area contributed by atoms with Gasteiger partial charge in [-0.1, -0.05) is 0 Å². The second-order valence-electron chi connectivity index (χ2n) is 10.4. The Morgan fingerprint density at radius 3 is 2.49 bits per heavy atom. The van der Waals surface area contributed by atoms with Gasteiger partial charge in [0.2, 0.25) is 0 Å². The molecule has 0 aliphatic carbocycles. The zero-order valence-corrected chi connectivity index (χ0v) is 21.7. The van der Waals surface area contributed by atoms with Crippen molar-refractivity contribution >= 4 is 44.8 Å². The molecule has 3 heterocycles. The molecule has 1 fully saturated rings. The zero-order valence-electron chi connectivity index (χ0n) is 20.1. The number of rotatable bonds is 7. The van der Waals surface area contributed by atoms with E-state index < -0.39 is 53.0 Å². The number of hydrogen-bond acceptors (Lipinski definition) is 8. The van der Waals surface area contributed by atoms with Crippen LogP contribution in [0.1, 0.15) is 57.6 Å². The summed E-state index contributed by atoms with van der Waals surface area (Å²) in [4.78, 5) is 43.0. The third kappa shape index (κ3) is 5.11. The molecule has 0 radical (unpaired) electrons. The number of esters is 1. The Balaban J connectivity index is 2.04. The number of halogens is 1. The average Bonchev–Trinajstić information content (AvgIpc) is 3.23.